The van der Waals surface area contributed by atoms with Crippen molar-refractivity contribution in [1.29, 1.82) is 0 Å². The van der Waals surface area contributed by atoms with Crippen LogP contribution >= 0.6 is 0 Å². The van der Waals surface area contributed by atoms with Gasteiger partial charge < -0.3 is 9.47 Å². The third-order valence-electron chi connectivity index (χ3n) is 5.27. The summed E-state index contributed by atoms with van der Waals surface area (Å²) in [5.41, 5.74) is 2.20. The Morgan fingerprint density at radius 2 is 1.44 bits per heavy atom. The summed E-state index contributed by atoms with van der Waals surface area (Å²) in [7, 11) is 0. The van der Waals surface area contributed by atoms with Gasteiger partial charge in [-0.25, -0.2) is 14.4 Å². The fraction of sp³-hybridized carbons (Fsp3) is 0.407. The SMILES string of the molecule is CCCCCCCCOc1ccc(-c2cnc(-c3cccc(OCCC)c3F)nc2)cc1. The Labute approximate surface area is 190 Å². The monoisotopic (exact) mass is 436 g/mol. The molecule has 5 heteroatoms. The van der Waals surface area contributed by atoms with Crippen LogP contribution in [0.5, 0.6) is 11.5 Å². The Morgan fingerprint density at radius 3 is 2.16 bits per heavy atom. The van der Waals surface area contributed by atoms with Crippen LogP contribution < -0.4 is 9.47 Å². The second-order valence-corrected chi connectivity index (χ2v) is 7.90. The van der Waals surface area contributed by atoms with E-state index in [4.69, 9.17) is 9.47 Å². The van der Waals surface area contributed by atoms with Gasteiger partial charge in [-0.3, -0.25) is 0 Å². The third-order valence-corrected chi connectivity index (χ3v) is 5.27. The molecule has 0 atom stereocenters. The summed E-state index contributed by atoms with van der Waals surface area (Å²) in [6.07, 6.45) is 11.7. The molecule has 2 aromatic carbocycles. The van der Waals surface area contributed by atoms with Crippen molar-refractivity contribution >= 4 is 0 Å². The van der Waals surface area contributed by atoms with E-state index in [0.29, 0.717) is 18.0 Å². The maximum absolute atomic E-state index is 14.7. The lowest BCUT2D eigenvalue weighted by atomic mass is 10.1. The first-order chi connectivity index (χ1) is 15.7. The number of aromatic nitrogens is 2. The Hall–Kier alpha value is -2.95. The summed E-state index contributed by atoms with van der Waals surface area (Å²) < 4.78 is 26.1. The topological polar surface area (TPSA) is 44.2 Å². The van der Waals surface area contributed by atoms with Crippen LogP contribution in [-0.2, 0) is 0 Å². The first kappa shape index (κ1) is 23.7. The maximum atomic E-state index is 14.7. The Morgan fingerprint density at radius 1 is 0.719 bits per heavy atom. The van der Waals surface area contributed by atoms with Gasteiger partial charge in [-0.15, -0.1) is 0 Å². The third kappa shape index (κ3) is 6.78. The zero-order valence-corrected chi connectivity index (χ0v) is 19.1. The van der Waals surface area contributed by atoms with E-state index < -0.39 is 5.82 Å². The number of unbranched alkanes of at least 4 members (excludes halogenated alkanes) is 5. The molecule has 0 saturated carbocycles. The van der Waals surface area contributed by atoms with Crippen molar-refractivity contribution in [2.45, 2.75) is 58.8 Å². The lowest BCUT2D eigenvalue weighted by Crippen LogP contribution is -2.00. The molecule has 0 fully saturated rings. The van der Waals surface area contributed by atoms with Gasteiger partial charge in [0.05, 0.1) is 18.8 Å². The molecule has 0 aliphatic heterocycles. The number of rotatable bonds is 13. The van der Waals surface area contributed by atoms with E-state index in [-0.39, 0.29) is 5.75 Å². The van der Waals surface area contributed by atoms with Gasteiger partial charge in [0.15, 0.2) is 17.4 Å². The molecule has 1 aromatic heterocycles. The molecule has 0 unspecified atom stereocenters. The van der Waals surface area contributed by atoms with E-state index in [2.05, 4.69) is 16.9 Å². The van der Waals surface area contributed by atoms with Crippen LogP contribution in [0.3, 0.4) is 0 Å². The van der Waals surface area contributed by atoms with Gasteiger partial charge in [-0.1, -0.05) is 64.2 Å². The predicted octanol–water partition coefficient (Wildman–Crippen LogP) is 7.48. The molecule has 0 saturated heterocycles. The molecular weight excluding hydrogens is 403 g/mol. The molecule has 0 N–H and O–H groups in total. The van der Waals surface area contributed by atoms with Crippen molar-refractivity contribution < 1.29 is 13.9 Å². The van der Waals surface area contributed by atoms with Crippen LogP contribution in [-0.4, -0.2) is 23.2 Å². The average molecular weight is 437 g/mol. The summed E-state index contributed by atoms with van der Waals surface area (Å²) in [4.78, 5) is 8.77. The van der Waals surface area contributed by atoms with Crippen LogP contribution in [0.4, 0.5) is 4.39 Å². The van der Waals surface area contributed by atoms with Crippen molar-refractivity contribution in [3.63, 3.8) is 0 Å². The first-order valence-corrected chi connectivity index (χ1v) is 11.7. The van der Waals surface area contributed by atoms with Crippen LogP contribution in [0.15, 0.2) is 54.9 Å². The van der Waals surface area contributed by atoms with E-state index in [1.807, 2.05) is 31.2 Å². The molecule has 0 bridgehead atoms. The second kappa shape index (κ2) is 12.8. The van der Waals surface area contributed by atoms with Crippen LogP contribution in [0.25, 0.3) is 22.5 Å². The van der Waals surface area contributed by atoms with Crippen molar-refractivity contribution in [3.8, 4) is 34.0 Å². The fourth-order valence-electron chi connectivity index (χ4n) is 3.44. The van der Waals surface area contributed by atoms with Crippen LogP contribution in [0, 0.1) is 5.82 Å². The summed E-state index contributed by atoms with van der Waals surface area (Å²) in [6.45, 7) is 5.43. The Bertz CT molecular complexity index is 943. The minimum atomic E-state index is -0.430. The smallest absolute Gasteiger partial charge is 0.176 e. The highest BCUT2D eigenvalue weighted by molar-refractivity contribution is 5.65. The van der Waals surface area contributed by atoms with Crippen molar-refractivity contribution in [3.05, 3.63) is 60.7 Å². The Kier molecular flexibility index (Phi) is 9.48. The van der Waals surface area contributed by atoms with E-state index >= 15 is 0 Å². The van der Waals surface area contributed by atoms with Crippen LogP contribution in [0.1, 0.15) is 58.8 Å². The maximum Gasteiger partial charge on any atom is 0.176 e. The number of hydrogen-bond acceptors (Lipinski definition) is 4. The Balaban J connectivity index is 1.57. The number of nitrogens with zero attached hydrogens (tertiary/aromatic N) is 2. The summed E-state index contributed by atoms with van der Waals surface area (Å²) in [5, 5.41) is 0. The number of ether oxygens (including phenoxy) is 2. The zero-order chi connectivity index (χ0) is 22.6. The minimum Gasteiger partial charge on any atom is -0.494 e. The number of benzene rings is 2. The van der Waals surface area contributed by atoms with Gasteiger partial charge in [0.1, 0.15) is 5.75 Å². The molecule has 0 aliphatic rings. The van der Waals surface area contributed by atoms with E-state index in [1.165, 1.54) is 32.1 Å². The molecule has 3 aromatic rings. The van der Waals surface area contributed by atoms with Crippen molar-refractivity contribution in [1.82, 2.24) is 9.97 Å². The highest BCUT2D eigenvalue weighted by Crippen LogP contribution is 2.28. The predicted molar refractivity (Wildman–Crippen MR) is 128 cm³/mol. The van der Waals surface area contributed by atoms with Gasteiger partial charge in [0.25, 0.3) is 0 Å². The summed E-state index contributed by atoms with van der Waals surface area (Å²) in [5.74, 6) is 1.01. The van der Waals surface area contributed by atoms with Gasteiger partial charge in [0, 0.05) is 18.0 Å². The number of halogens is 1. The van der Waals surface area contributed by atoms with Crippen LogP contribution in [0.2, 0.25) is 0 Å². The average Bonchev–Trinajstić information content (AvgIpc) is 2.83. The lowest BCUT2D eigenvalue weighted by Gasteiger charge is -2.10. The normalized spacial score (nSPS) is 10.8. The molecule has 0 radical (unpaired) electrons. The fourth-order valence-corrected chi connectivity index (χ4v) is 3.44. The molecule has 1 heterocycles. The highest BCUT2D eigenvalue weighted by atomic mass is 19.1. The molecule has 0 spiro atoms. The van der Waals surface area contributed by atoms with E-state index in [1.54, 1.807) is 30.6 Å². The largest absolute Gasteiger partial charge is 0.494 e. The minimum absolute atomic E-state index is 0.230. The molecule has 0 aliphatic carbocycles. The van der Waals surface area contributed by atoms with Crippen molar-refractivity contribution in [2.75, 3.05) is 13.2 Å². The molecule has 32 heavy (non-hydrogen) atoms. The van der Waals surface area contributed by atoms with E-state index in [9.17, 15) is 4.39 Å². The molecular formula is C27H33FN2O2. The molecule has 3 rings (SSSR count). The standard InChI is InChI=1S/C27H33FN2O2/c1-3-5-6-7-8-9-18-31-23-15-13-21(14-16-23)22-19-29-27(30-20-22)24-11-10-12-25(26(24)28)32-17-4-2/h10-16,19-20H,3-9,17-18H2,1-2H3. The summed E-state index contributed by atoms with van der Waals surface area (Å²) >= 11 is 0. The van der Waals surface area contributed by atoms with Gasteiger partial charge in [-0.2, -0.15) is 0 Å². The molecule has 170 valence electrons. The number of hydrogen-bond donors (Lipinski definition) is 0. The van der Waals surface area contributed by atoms with Gasteiger partial charge in [-0.05, 0) is 42.7 Å². The first-order valence-electron chi connectivity index (χ1n) is 11.7. The van der Waals surface area contributed by atoms with Gasteiger partial charge >= 0.3 is 0 Å². The lowest BCUT2D eigenvalue weighted by molar-refractivity contribution is 0.301. The molecule has 4 nitrogen and oxygen atoms in total. The quantitative estimate of drug-likeness (QED) is 0.261. The van der Waals surface area contributed by atoms with E-state index in [0.717, 1.165) is 36.3 Å². The van der Waals surface area contributed by atoms with Crippen molar-refractivity contribution in [2.24, 2.45) is 0 Å². The second-order valence-electron chi connectivity index (χ2n) is 7.90. The highest BCUT2D eigenvalue weighted by Gasteiger charge is 2.13. The molecule has 0 amide bonds. The van der Waals surface area contributed by atoms with Gasteiger partial charge in [0.2, 0.25) is 0 Å². The zero-order valence-electron chi connectivity index (χ0n) is 19.1. The summed E-state index contributed by atoms with van der Waals surface area (Å²) in [6, 6.07) is 13.0.